The van der Waals surface area contributed by atoms with Crippen LogP contribution in [0.4, 0.5) is 10.1 Å². The van der Waals surface area contributed by atoms with E-state index in [1.54, 1.807) is 12.1 Å². The number of aliphatic hydroxyl groups is 1. The van der Waals surface area contributed by atoms with Gasteiger partial charge >= 0.3 is 0 Å². The number of hydrogen-bond acceptors (Lipinski definition) is 5. The van der Waals surface area contributed by atoms with Crippen LogP contribution in [-0.2, 0) is 4.79 Å². The van der Waals surface area contributed by atoms with Crippen LogP contribution in [0.3, 0.4) is 0 Å². The first kappa shape index (κ1) is 23.2. The number of rotatable bonds is 8. The van der Waals surface area contributed by atoms with Gasteiger partial charge in [0.25, 0.3) is 0 Å². The van der Waals surface area contributed by atoms with Crippen molar-refractivity contribution in [2.24, 2.45) is 0 Å². The Bertz CT molecular complexity index is 1090. The number of halogens is 1. The number of anilines is 1. The number of β-amino-alcohol motifs (C(OH)–C–C–N with tert-alkyl or cyclic N) is 1. The van der Waals surface area contributed by atoms with Crippen molar-refractivity contribution in [3.8, 4) is 5.75 Å². The summed E-state index contributed by atoms with van der Waals surface area (Å²) in [5.41, 5.74) is 0.458. The lowest BCUT2D eigenvalue weighted by Gasteiger charge is -2.38. The van der Waals surface area contributed by atoms with Crippen LogP contribution in [-0.4, -0.2) is 72.3 Å². The standard InChI is InChI=1S/C26H30FN3O3/c1-19(26(32)28-23-8-4-7-22(27)16-23)30-13-11-29(12-14-30)17-24(31)18-33-25-10-9-20-5-2-3-6-21(20)15-25/h2-10,15-16,19,24,31H,11-14,17-18H2,1H3,(H,28,32). The molecular weight excluding hydrogens is 421 g/mol. The highest BCUT2D eigenvalue weighted by molar-refractivity contribution is 5.94. The van der Waals surface area contributed by atoms with E-state index in [4.69, 9.17) is 4.74 Å². The van der Waals surface area contributed by atoms with Crippen LogP contribution in [0, 0.1) is 5.82 Å². The van der Waals surface area contributed by atoms with Crippen molar-refractivity contribution in [3.63, 3.8) is 0 Å². The van der Waals surface area contributed by atoms with E-state index < -0.39 is 6.10 Å². The van der Waals surface area contributed by atoms with Gasteiger partial charge in [0.2, 0.25) is 5.91 Å². The van der Waals surface area contributed by atoms with E-state index in [0.29, 0.717) is 12.2 Å². The molecule has 2 atom stereocenters. The highest BCUT2D eigenvalue weighted by atomic mass is 19.1. The first-order valence-electron chi connectivity index (χ1n) is 11.3. The van der Waals surface area contributed by atoms with E-state index in [1.165, 1.54) is 12.1 Å². The quantitative estimate of drug-likeness (QED) is 0.550. The first-order chi connectivity index (χ1) is 16.0. The van der Waals surface area contributed by atoms with Crippen LogP contribution in [0.5, 0.6) is 5.75 Å². The number of amides is 1. The molecule has 0 saturated carbocycles. The zero-order chi connectivity index (χ0) is 23.2. The van der Waals surface area contributed by atoms with Gasteiger partial charge in [0.1, 0.15) is 24.3 Å². The number of carbonyl (C=O) groups excluding carboxylic acids is 1. The molecule has 0 spiro atoms. The lowest BCUT2D eigenvalue weighted by atomic mass is 10.1. The maximum Gasteiger partial charge on any atom is 0.241 e. The van der Waals surface area contributed by atoms with Gasteiger partial charge in [-0.1, -0.05) is 36.4 Å². The number of hydrogen-bond donors (Lipinski definition) is 2. The van der Waals surface area contributed by atoms with Crippen molar-refractivity contribution in [1.82, 2.24) is 9.80 Å². The minimum absolute atomic E-state index is 0.155. The SMILES string of the molecule is CC(C(=O)Nc1cccc(F)c1)N1CCN(CC(O)COc2ccc3ccccc3c2)CC1. The molecule has 0 aliphatic carbocycles. The predicted octanol–water partition coefficient (Wildman–Crippen LogP) is 3.36. The third kappa shape index (κ3) is 6.28. The molecule has 7 heteroatoms. The highest BCUT2D eigenvalue weighted by Crippen LogP contribution is 2.21. The summed E-state index contributed by atoms with van der Waals surface area (Å²) in [4.78, 5) is 16.8. The molecule has 174 valence electrons. The molecule has 3 aromatic carbocycles. The molecular formula is C26H30FN3O3. The molecule has 1 heterocycles. The van der Waals surface area contributed by atoms with Crippen LogP contribution < -0.4 is 10.1 Å². The summed E-state index contributed by atoms with van der Waals surface area (Å²) in [7, 11) is 0. The molecule has 1 amide bonds. The Kier molecular flexibility index (Phi) is 7.54. The van der Waals surface area contributed by atoms with Gasteiger partial charge in [-0.05, 0) is 48.0 Å². The fourth-order valence-corrected chi connectivity index (χ4v) is 4.11. The summed E-state index contributed by atoms with van der Waals surface area (Å²) in [5.74, 6) is 0.214. The molecule has 4 rings (SSSR count). The van der Waals surface area contributed by atoms with Crippen molar-refractivity contribution < 1.29 is 19.0 Å². The number of fused-ring (bicyclic) bond motifs is 1. The van der Waals surface area contributed by atoms with Crippen LogP contribution >= 0.6 is 0 Å². The van der Waals surface area contributed by atoms with Crippen LogP contribution in [0.15, 0.2) is 66.7 Å². The Hall–Kier alpha value is -3.00. The number of nitrogens with one attached hydrogen (secondary N) is 1. The van der Waals surface area contributed by atoms with Gasteiger partial charge in [0.15, 0.2) is 0 Å². The van der Waals surface area contributed by atoms with Gasteiger partial charge in [-0.3, -0.25) is 14.6 Å². The minimum atomic E-state index is -0.600. The first-order valence-corrected chi connectivity index (χ1v) is 11.3. The summed E-state index contributed by atoms with van der Waals surface area (Å²) in [6.45, 7) is 5.55. The third-order valence-electron chi connectivity index (χ3n) is 6.06. The van der Waals surface area contributed by atoms with Crippen molar-refractivity contribution in [2.45, 2.75) is 19.1 Å². The second-order valence-electron chi connectivity index (χ2n) is 8.49. The van der Waals surface area contributed by atoms with E-state index in [0.717, 1.165) is 42.7 Å². The predicted molar refractivity (Wildman–Crippen MR) is 128 cm³/mol. The van der Waals surface area contributed by atoms with Crippen LogP contribution in [0.1, 0.15) is 6.92 Å². The Morgan fingerprint density at radius 1 is 1.03 bits per heavy atom. The van der Waals surface area contributed by atoms with Gasteiger partial charge in [0, 0.05) is 38.4 Å². The van der Waals surface area contributed by atoms with Gasteiger partial charge in [0.05, 0.1) is 6.04 Å². The summed E-state index contributed by atoms with van der Waals surface area (Å²) < 4.78 is 19.1. The van der Waals surface area contributed by atoms with Crippen LogP contribution in [0.2, 0.25) is 0 Å². The molecule has 2 N–H and O–H groups in total. The Morgan fingerprint density at radius 3 is 2.55 bits per heavy atom. The lowest BCUT2D eigenvalue weighted by Crippen LogP contribution is -2.54. The average molecular weight is 452 g/mol. The molecule has 0 bridgehead atoms. The summed E-state index contributed by atoms with van der Waals surface area (Å²) in [6, 6.07) is 19.6. The van der Waals surface area contributed by atoms with Crippen LogP contribution in [0.25, 0.3) is 10.8 Å². The van der Waals surface area contributed by atoms with Gasteiger partial charge in [-0.25, -0.2) is 4.39 Å². The topological polar surface area (TPSA) is 65.0 Å². The van der Waals surface area contributed by atoms with Gasteiger partial charge in [-0.2, -0.15) is 0 Å². The zero-order valence-corrected chi connectivity index (χ0v) is 18.8. The van der Waals surface area contributed by atoms with E-state index in [2.05, 4.69) is 21.2 Å². The summed E-state index contributed by atoms with van der Waals surface area (Å²) in [6.07, 6.45) is -0.600. The molecule has 0 radical (unpaired) electrons. The fraction of sp³-hybridized carbons (Fsp3) is 0.346. The summed E-state index contributed by atoms with van der Waals surface area (Å²) >= 11 is 0. The molecule has 33 heavy (non-hydrogen) atoms. The van der Waals surface area contributed by atoms with E-state index >= 15 is 0 Å². The monoisotopic (exact) mass is 451 g/mol. The smallest absolute Gasteiger partial charge is 0.241 e. The number of piperazine rings is 1. The fourth-order valence-electron chi connectivity index (χ4n) is 4.11. The van der Waals surface area contributed by atoms with Gasteiger partial charge in [-0.15, -0.1) is 0 Å². The molecule has 1 aliphatic rings. The molecule has 0 aromatic heterocycles. The van der Waals surface area contributed by atoms with Crippen molar-refractivity contribution in [3.05, 3.63) is 72.5 Å². The van der Waals surface area contributed by atoms with Crippen molar-refractivity contribution in [2.75, 3.05) is 44.6 Å². The second kappa shape index (κ2) is 10.7. The normalized spacial score (nSPS) is 16.9. The van der Waals surface area contributed by atoms with Crippen molar-refractivity contribution >= 4 is 22.4 Å². The molecule has 1 aliphatic heterocycles. The summed E-state index contributed by atoms with van der Waals surface area (Å²) in [5, 5.41) is 15.5. The molecule has 6 nitrogen and oxygen atoms in total. The van der Waals surface area contributed by atoms with E-state index in [-0.39, 0.29) is 24.4 Å². The Labute approximate surface area is 193 Å². The van der Waals surface area contributed by atoms with Gasteiger partial charge < -0.3 is 15.2 Å². The molecule has 2 unspecified atom stereocenters. The second-order valence-corrected chi connectivity index (χ2v) is 8.49. The number of nitrogens with zero attached hydrogens (tertiary/aromatic N) is 2. The number of benzene rings is 3. The maximum atomic E-state index is 13.3. The molecule has 1 fully saturated rings. The zero-order valence-electron chi connectivity index (χ0n) is 18.8. The maximum absolute atomic E-state index is 13.3. The lowest BCUT2D eigenvalue weighted by molar-refractivity contribution is -0.121. The third-order valence-corrected chi connectivity index (χ3v) is 6.06. The Balaban J connectivity index is 1.20. The molecule has 1 saturated heterocycles. The molecule has 3 aromatic rings. The highest BCUT2D eigenvalue weighted by Gasteiger charge is 2.26. The number of aliphatic hydroxyl groups excluding tert-OH is 1. The average Bonchev–Trinajstić information content (AvgIpc) is 2.82. The Morgan fingerprint density at radius 2 is 1.79 bits per heavy atom. The van der Waals surface area contributed by atoms with E-state index in [9.17, 15) is 14.3 Å². The van der Waals surface area contributed by atoms with E-state index in [1.807, 2.05) is 43.3 Å². The minimum Gasteiger partial charge on any atom is -0.491 e. The number of ether oxygens (including phenoxy) is 1. The van der Waals surface area contributed by atoms with Crippen molar-refractivity contribution in [1.29, 1.82) is 0 Å². The largest absolute Gasteiger partial charge is 0.491 e. The number of carbonyl (C=O) groups is 1.